The van der Waals surface area contributed by atoms with Gasteiger partial charge in [-0.2, -0.15) is 0 Å². The van der Waals surface area contributed by atoms with Gasteiger partial charge in [0.15, 0.2) is 0 Å². The summed E-state index contributed by atoms with van der Waals surface area (Å²) in [5, 5.41) is 7.71. The number of amides is 4. The first kappa shape index (κ1) is 40.6. The van der Waals surface area contributed by atoms with E-state index in [9.17, 15) is 19.2 Å². The number of hydrogen-bond donors (Lipinski definition) is 4. The van der Waals surface area contributed by atoms with Crippen molar-refractivity contribution in [2.24, 2.45) is 23.7 Å². The number of ether oxygens (including phenoxy) is 4. The van der Waals surface area contributed by atoms with Gasteiger partial charge in [-0.1, -0.05) is 24.0 Å². The highest BCUT2D eigenvalue weighted by Gasteiger charge is 2.58. The van der Waals surface area contributed by atoms with Gasteiger partial charge in [0.1, 0.15) is 23.7 Å². The van der Waals surface area contributed by atoms with Crippen LogP contribution < -0.4 is 10.6 Å². The maximum Gasteiger partial charge on any atom is 0.407 e. The number of rotatable bonds is 8. The number of fused-ring (bicyclic) bond motifs is 6. The van der Waals surface area contributed by atoms with Gasteiger partial charge in [-0.15, -0.1) is 0 Å². The molecule has 16 heteroatoms. The van der Waals surface area contributed by atoms with Gasteiger partial charge in [0.2, 0.25) is 11.8 Å². The fourth-order valence-corrected chi connectivity index (χ4v) is 11.1. The number of likely N-dealkylation sites (tertiary alicyclic amines) is 2. The molecule has 0 radical (unpaired) electrons. The van der Waals surface area contributed by atoms with E-state index < -0.39 is 24.3 Å². The van der Waals surface area contributed by atoms with Crippen LogP contribution in [0.25, 0.3) is 32.8 Å². The zero-order valence-electron chi connectivity index (χ0n) is 35.9. The molecular formula is C48H52N8O8. The Morgan fingerprint density at radius 1 is 0.672 bits per heavy atom. The number of imidazole rings is 2. The average Bonchev–Trinajstić information content (AvgIpc) is 3.98. The van der Waals surface area contributed by atoms with Crippen molar-refractivity contribution in [1.82, 2.24) is 40.4 Å². The molecule has 2 aromatic heterocycles. The van der Waals surface area contributed by atoms with E-state index in [1.165, 1.54) is 14.2 Å². The number of methoxy groups -OCH3 is 2. The molecule has 3 aromatic carbocycles. The summed E-state index contributed by atoms with van der Waals surface area (Å²) < 4.78 is 21.0. The van der Waals surface area contributed by atoms with Crippen LogP contribution in [0.5, 0.6) is 0 Å². The quantitative estimate of drug-likeness (QED) is 0.142. The van der Waals surface area contributed by atoms with E-state index in [0.717, 1.165) is 81.3 Å². The van der Waals surface area contributed by atoms with E-state index in [1.807, 2.05) is 40.1 Å². The molecule has 16 nitrogen and oxygen atoms in total. The van der Waals surface area contributed by atoms with Gasteiger partial charge in [0.25, 0.3) is 0 Å². The maximum absolute atomic E-state index is 14.3. The Kier molecular flexibility index (Phi) is 10.4. The van der Waals surface area contributed by atoms with Crippen molar-refractivity contribution in [3.8, 4) is 11.8 Å². The average molecular weight is 869 g/mol. The molecule has 5 aromatic rings. The third kappa shape index (κ3) is 7.47. The van der Waals surface area contributed by atoms with Crippen LogP contribution in [0.3, 0.4) is 0 Å². The lowest BCUT2D eigenvalue weighted by Gasteiger charge is -2.35. The first-order chi connectivity index (χ1) is 31.2. The van der Waals surface area contributed by atoms with E-state index in [2.05, 4.69) is 50.6 Å². The Balaban J connectivity index is 0.814. The molecule has 332 valence electrons. The summed E-state index contributed by atoms with van der Waals surface area (Å²) >= 11 is 0. The molecule has 2 aliphatic carbocycles. The number of carbonyl (C=O) groups excluding carboxylic acids is 4. The number of aromatic nitrogens is 4. The van der Waals surface area contributed by atoms with Crippen LogP contribution in [0.2, 0.25) is 0 Å². The molecule has 4 N–H and O–H groups in total. The second-order valence-electron chi connectivity index (χ2n) is 18.4. The summed E-state index contributed by atoms with van der Waals surface area (Å²) in [5.41, 5.74) is 5.07. The molecule has 6 heterocycles. The van der Waals surface area contributed by atoms with Crippen molar-refractivity contribution in [1.29, 1.82) is 0 Å². The first-order valence-electron chi connectivity index (χ1n) is 22.7. The third-order valence-electron chi connectivity index (χ3n) is 14.6. The van der Waals surface area contributed by atoms with Crippen LogP contribution in [0.1, 0.15) is 86.2 Å². The minimum absolute atomic E-state index is 0.0322. The number of hydrogen-bond acceptors (Lipinski definition) is 10. The Morgan fingerprint density at radius 2 is 1.20 bits per heavy atom. The normalized spacial score (nSPS) is 26.2. The topological polar surface area (TPSA) is 193 Å². The lowest BCUT2D eigenvalue weighted by Crippen LogP contribution is -2.54. The Morgan fingerprint density at radius 3 is 1.78 bits per heavy atom. The molecule has 6 fully saturated rings. The van der Waals surface area contributed by atoms with Crippen molar-refractivity contribution < 1.29 is 38.1 Å². The zero-order valence-corrected chi connectivity index (χ0v) is 35.9. The summed E-state index contributed by atoms with van der Waals surface area (Å²) in [7, 11) is 2.64. The smallest absolute Gasteiger partial charge is 0.407 e. The van der Waals surface area contributed by atoms with Crippen LogP contribution in [0.4, 0.5) is 9.59 Å². The standard InChI is InChI=1S/C48H52N8O8/c1-61-47(59)53-40(27-11-15-63-16-12-27)45(57)55-36-21-30(36)23-38(55)43-49-33-9-6-26(20-35(33)51-43)4-3-25-5-8-32-29(19-25)7-10-34-42(32)52-44(50-34)39-24-31-22-37(31)56(39)46(58)41(54-48(60)62-2)28-13-17-64-18-14-28/h5-10,19-20,27-28,30-31,36-41H,11-18,21-24H2,1-2H3,(H,49,51)(H,50,52)(H,53,59)(H,54,60)/t30?,31-,36-,37-,38+,39+,40+,41+/m1/s1. The molecule has 2 saturated carbocycles. The molecule has 4 aliphatic heterocycles. The highest BCUT2D eigenvalue weighted by molar-refractivity contribution is 6.04. The van der Waals surface area contributed by atoms with Gasteiger partial charge in [0.05, 0.1) is 48.4 Å². The van der Waals surface area contributed by atoms with E-state index in [1.54, 1.807) is 0 Å². The van der Waals surface area contributed by atoms with Crippen LogP contribution in [0.15, 0.2) is 48.5 Å². The molecule has 0 spiro atoms. The lowest BCUT2D eigenvalue weighted by atomic mass is 9.90. The van der Waals surface area contributed by atoms with E-state index in [0.29, 0.717) is 63.9 Å². The highest BCUT2D eigenvalue weighted by atomic mass is 16.5. The van der Waals surface area contributed by atoms with E-state index in [-0.39, 0.29) is 47.8 Å². The number of benzene rings is 3. The molecule has 0 bridgehead atoms. The Labute approximate surface area is 369 Å². The molecular weight excluding hydrogens is 817 g/mol. The largest absolute Gasteiger partial charge is 0.453 e. The summed E-state index contributed by atoms with van der Waals surface area (Å²) in [4.78, 5) is 74.5. The Bertz CT molecular complexity index is 2730. The third-order valence-corrected chi connectivity index (χ3v) is 14.6. The van der Waals surface area contributed by atoms with Crippen LogP contribution in [-0.4, -0.2) is 119 Å². The van der Waals surface area contributed by atoms with Crippen molar-refractivity contribution in [3.63, 3.8) is 0 Å². The number of H-pyrrole nitrogens is 2. The highest BCUT2D eigenvalue weighted by Crippen LogP contribution is 2.55. The Hall–Kier alpha value is -6.18. The van der Waals surface area contributed by atoms with Gasteiger partial charge >= 0.3 is 12.2 Å². The van der Waals surface area contributed by atoms with Crippen molar-refractivity contribution in [2.75, 3.05) is 40.6 Å². The van der Waals surface area contributed by atoms with Gasteiger partial charge < -0.3 is 49.3 Å². The second kappa shape index (κ2) is 16.4. The molecule has 11 rings (SSSR count). The lowest BCUT2D eigenvalue weighted by molar-refractivity contribution is -0.138. The number of aromatic amines is 2. The fraction of sp³-hybridized carbons (Fsp3) is 0.500. The molecule has 64 heavy (non-hydrogen) atoms. The van der Waals surface area contributed by atoms with Gasteiger partial charge in [-0.05, 0) is 117 Å². The summed E-state index contributed by atoms with van der Waals surface area (Å²) in [5.74, 6) is 8.79. The SMILES string of the molecule is COC(=O)N[C@H](C(=O)N1[C@@H]2CC2C[C@H]1c1nc2ccc(C#Cc3ccc4c(ccc5[nH]c([C@@H]6C[C@H]7C[C@H]7N6C(=O)[C@@H](NC(=O)OC)C6CCOCC6)nc54)c3)cc2[nH]1)C1CCOCC1. The number of nitrogens with one attached hydrogen (secondary N) is 4. The first-order valence-corrected chi connectivity index (χ1v) is 22.7. The minimum atomic E-state index is -0.688. The van der Waals surface area contributed by atoms with Crippen molar-refractivity contribution >= 4 is 56.8 Å². The number of piperidine rings is 2. The zero-order chi connectivity index (χ0) is 43.6. The number of carbonyl (C=O) groups is 4. The van der Waals surface area contributed by atoms with Crippen molar-refractivity contribution in [3.05, 3.63) is 71.3 Å². The van der Waals surface area contributed by atoms with Crippen molar-refractivity contribution in [2.45, 2.75) is 87.6 Å². The summed E-state index contributed by atoms with van der Waals surface area (Å²) in [6, 6.07) is 14.6. The van der Waals surface area contributed by atoms with Gasteiger partial charge in [0, 0.05) is 55.0 Å². The molecule has 6 aliphatic rings. The van der Waals surface area contributed by atoms with Crippen LogP contribution in [-0.2, 0) is 28.5 Å². The van der Waals surface area contributed by atoms with E-state index >= 15 is 0 Å². The predicted octanol–water partition coefficient (Wildman–Crippen LogP) is 5.62. The molecule has 4 saturated heterocycles. The van der Waals surface area contributed by atoms with Gasteiger partial charge in [-0.3, -0.25) is 9.59 Å². The second-order valence-corrected chi connectivity index (χ2v) is 18.4. The maximum atomic E-state index is 14.3. The predicted molar refractivity (Wildman–Crippen MR) is 234 cm³/mol. The monoisotopic (exact) mass is 868 g/mol. The van der Waals surface area contributed by atoms with Crippen LogP contribution in [0, 0.1) is 35.5 Å². The summed E-state index contributed by atoms with van der Waals surface area (Å²) in [6.45, 7) is 2.23. The fourth-order valence-electron chi connectivity index (χ4n) is 11.1. The minimum Gasteiger partial charge on any atom is -0.453 e. The number of alkyl carbamates (subject to hydrolysis) is 2. The van der Waals surface area contributed by atoms with Crippen LogP contribution >= 0.6 is 0 Å². The van der Waals surface area contributed by atoms with E-state index in [4.69, 9.17) is 28.9 Å². The molecule has 8 atom stereocenters. The number of nitrogens with zero attached hydrogens (tertiary/aromatic N) is 4. The molecule has 1 unspecified atom stereocenters. The van der Waals surface area contributed by atoms with Gasteiger partial charge in [-0.25, -0.2) is 19.6 Å². The summed E-state index contributed by atoms with van der Waals surface area (Å²) in [6.07, 6.45) is 5.13. The molecule has 4 amide bonds.